The summed E-state index contributed by atoms with van der Waals surface area (Å²) in [5.74, 6) is 0.0953. The molecule has 5 heteroatoms. The molecule has 1 aliphatic carbocycles. The smallest absolute Gasteiger partial charge is 0.387 e. The molecule has 1 fully saturated rings. The summed E-state index contributed by atoms with van der Waals surface area (Å²) in [6, 6.07) is 4.22. The second-order valence-corrected chi connectivity index (χ2v) is 6.03. The van der Waals surface area contributed by atoms with Crippen LogP contribution in [0.3, 0.4) is 0 Å². The summed E-state index contributed by atoms with van der Waals surface area (Å²) in [5.41, 5.74) is 2.42. The van der Waals surface area contributed by atoms with Crippen LogP contribution in [-0.2, 0) is 6.42 Å². The SMILES string of the molecule is Fc1cc(CCC2CCC(C=CCl)CC2)ccc1OC(F)F. The highest BCUT2D eigenvalue weighted by Gasteiger charge is 2.19. The van der Waals surface area contributed by atoms with E-state index in [4.69, 9.17) is 11.6 Å². The third-order valence-corrected chi connectivity index (χ3v) is 4.44. The van der Waals surface area contributed by atoms with Gasteiger partial charge in [-0.3, -0.25) is 0 Å². The number of halogens is 4. The van der Waals surface area contributed by atoms with E-state index in [1.165, 1.54) is 12.1 Å². The minimum Gasteiger partial charge on any atom is -0.432 e. The predicted molar refractivity (Wildman–Crippen MR) is 81.8 cm³/mol. The summed E-state index contributed by atoms with van der Waals surface area (Å²) in [7, 11) is 0. The topological polar surface area (TPSA) is 9.23 Å². The van der Waals surface area contributed by atoms with Gasteiger partial charge in [0.15, 0.2) is 11.6 Å². The molecule has 0 amide bonds. The average Bonchev–Trinajstić information content (AvgIpc) is 2.49. The van der Waals surface area contributed by atoms with Crippen molar-refractivity contribution < 1.29 is 17.9 Å². The normalized spacial score (nSPS) is 22.4. The molecule has 0 aromatic heterocycles. The molecule has 0 saturated heterocycles. The number of ether oxygens (including phenoxy) is 1. The Morgan fingerprint density at radius 2 is 1.95 bits per heavy atom. The van der Waals surface area contributed by atoms with Gasteiger partial charge in [0.1, 0.15) is 0 Å². The van der Waals surface area contributed by atoms with Crippen LogP contribution in [-0.4, -0.2) is 6.61 Å². The molecule has 0 radical (unpaired) electrons. The van der Waals surface area contributed by atoms with Crippen molar-refractivity contribution >= 4 is 11.6 Å². The van der Waals surface area contributed by atoms with Gasteiger partial charge in [0.25, 0.3) is 0 Å². The fourth-order valence-corrected chi connectivity index (χ4v) is 3.24. The molecule has 1 nitrogen and oxygen atoms in total. The first-order chi connectivity index (χ1) is 10.6. The highest BCUT2D eigenvalue weighted by atomic mass is 35.5. The molecule has 0 unspecified atom stereocenters. The van der Waals surface area contributed by atoms with Crippen molar-refractivity contribution in [2.75, 3.05) is 0 Å². The molecule has 0 atom stereocenters. The molecule has 0 heterocycles. The van der Waals surface area contributed by atoms with Crippen molar-refractivity contribution in [1.82, 2.24) is 0 Å². The molecule has 22 heavy (non-hydrogen) atoms. The van der Waals surface area contributed by atoms with Crippen LogP contribution in [0.15, 0.2) is 29.8 Å². The first-order valence-corrected chi connectivity index (χ1v) is 8.02. The minimum atomic E-state index is -3.00. The van der Waals surface area contributed by atoms with Crippen molar-refractivity contribution in [1.29, 1.82) is 0 Å². The van der Waals surface area contributed by atoms with Crippen LogP contribution in [0.5, 0.6) is 5.75 Å². The Morgan fingerprint density at radius 1 is 1.23 bits per heavy atom. The molecule has 1 saturated carbocycles. The maximum atomic E-state index is 13.6. The zero-order chi connectivity index (χ0) is 15.9. The van der Waals surface area contributed by atoms with Crippen LogP contribution in [0.1, 0.15) is 37.7 Å². The molecular formula is C17H20ClF3O. The Labute approximate surface area is 134 Å². The molecule has 0 aliphatic heterocycles. The lowest BCUT2D eigenvalue weighted by Gasteiger charge is -2.26. The Hall–Kier alpha value is -1.16. The molecule has 0 N–H and O–H groups in total. The standard InChI is InChI=1S/C17H20ClF3O/c18-10-9-13-3-1-12(2-4-13)5-6-14-7-8-16(15(19)11-14)22-17(20)21/h7-13,17H,1-6H2. The van der Waals surface area contributed by atoms with E-state index < -0.39 is 18.2 Å². The summed E-state index contributed by atoms with van der Waals surface area (Å²) >= 11 is 5.60. The van der Waals surface area contributed by atoms with Gasteiger partial charge in [-0.2, -0.15) is 8.78 Å². The van der Waals surface area contributed by atoms with Gasteiger partial charge in [-0.15, -0.1) is 0 Å². The Balaban J connectivity index is 1.81. The highest BCUT2D eigenvalue weighted by molar-refractivity contribution is 6.25. The van der Waals surface area contributed by atoms with Gasteiger partial charge < -0.3 is 4.74 Å². The summed E-state index contributed by atoms with van der Waals surface area (Å²) in [4.78, 5) is 0. The van der Waals surface area contributed by atoms with E-state index in [1.807, 2.05) is 0 Å². The molecule has 1 aromatic carbocycles. The van der Waals surface area contributed by atoms with Crippen LogP contribution in [0.25, 0.3) is 0 Å². The summed E-state index contributed by atoms with van der Waals surface area (Å²) in [6.45, 7) is -3.00. The first-order valence-electron chi connectivity index (χ1n) is 7.58. The fourth-order valence-electron chi connectivity index (χ4n) is 3.03. The van der Waals surface area contributed by atoms with Gasteiger partial charge in [0, 0.05) is 5.54 Å². The zero-order valence-corrected chi connectivity index (χ0v) is 13.0. The van der Waals surface area contributed by atoms with E-state index in [1.54, 1.807) is 11.6 Å². The maximum absolute atomic E-state index is 13.6. The van der Waals surface area contributed by atoms with Crippen molar-refractivity contribution in [2.45, 2.75) is 45.1 Å². The Morgan fingerprint density at radius 3 is 2.55 bits per heavy atom. The van der Waals surface area contributed by atoms with Crippen molar-refractivity contribution in [3.05, 3.63) is 41.2 Å². The first kappa shape index (κ1) is 17.2. The number of allylic oxidation sites excluding steroid dienone is 1. The number of alkyl halides is 2. The number of benzene rings is 1. The minimum absolute atomic E-state index is 0.396. The van der Waals surface area contributed by atoms with E-state index in [0.717, 1.165) is 44.1 Å². The second-order valence-electron chi connectivity index (χ2n) is 5.78. The lowest BCUT2D eigenvalue weighted by atomic mass is 9.79. The summed E-state index contributed by atoms with van der Waals surface area (Å²) in [5, 5.41) is 0. The van der Waals surface area contributed by atoms with E-state index in [2.05, 4.69) is 10.8 Å². The summed E-state index contributed by atoms with van der Waals surface area (Å²) in [6.07, 6.45) is 8.39. The van der Waals surface area contributed by atoms with Gasteiger partial charge >= 0.3 is 6.61 Å². The molecule has 1 aliphatic rings. The number of hydrogen-bond acceptors (Lipinski definition) is 1. The van der Waals surface area contributed by atoms with Crippen molar-refractivity contribution in [3.63, 3.8) is 0 Å². The van der Waals surface area contributed by atoms with Crippen LogP contribution >= 0.6 is 11.6 Å². The van der Waals surface area contributed by atoms with Gasteiger partial charge in [0.05, 0.1) is 0 Å². The molecule has 2 rings (SSSR count). The molecule has 0 bridgehead atoms. The molecule has 122 valence electrons. The highest BCUT2D eigenvalue weighted by Crippen LogP contribution is 2.32. The third kappa shape index (κ3) is 5.24. The van der Waals surface area contributed by atoms with Crippen molar-refractivity contribution in [3.8, 4) is 5.75 Å². The number of rotatable bonds is 6. The molecular weight excluding hydrogens is 313 g/mol. The van der Waals surface area contributed by atoms with E-state index in [9.17, 15) is 13.2 Å². The predicted octanol–water partition coefficient (Wildman–Crippen LogP) is 5.92. The molecule has 1 aromatic rings. The van der Waals surface area contributed by atoms with Gasteiger partial charge in [-0.25, -0.2) is 4.39 Å². The lowest BCUT2D eigenvalue weighted by Crippen LogP contribution is -2.13. The quantitative estimate of drug-likeness (QED) is 0.628. The van der Waals surface area contributed by atoms with Gasteiger partial charge in [-0.05, 0) is 68.1 Å². The Bertz CT molecular complexity index is 497. The van der Waals surface area contributed by atoms with E-state index in [0.29, 0.717) is 11.8 Å². The number of hydrogen-bond donors (Lipinski definition) is 0. The monoisotopic (exact) mass is 332 g/mol. The van der Waals surface area contributed by atoms with Gasteiger partial charge in [0.2, 0.25) is 0 Å². The summed E-state index contributed by atoms with van der Waals surface area (Å²) < 4.78 is 41.9. The van der Waals surface area contributed by atoms with E-state index in [-0.39, 0.29) is 0 Å². The van der Waals surface area contributed by atoms with Crippen molar-refractivity contribution in [2.24, 2.45) is 11.8 Å². The Kier molecular flexibility index (Phi) is 6.62. The lowest BCUT2D eigenvalue weighted by molar-refractivity contribution is -0.0522. The maximum Gasteiger partial charge on any atom is 0.387 e. The second kappa shape index (κ2) is 8.47. The number of aryl methyl sites for hydroxylation is 1. The fraction of sp³-hybridized carbons (Fsp3) is 0.529. The molecule has 0 spiro atoms. The van der Waals surface area contributed by atoms with Gasteiger partial charge in [-0.1, -0.05) is 23.7 Å². The van der Waals surface area contributed by atoms with Crippen LogP contribution in [0, 0.1) is 17.7 Å². The average molecular weight is 333 g/mol. The largest absolute Gasteiger partial charge is 0.432 e. The zero-order valence-electron chi connectivity index (χ0n) is 12.3. The van der Waals surface area contributed by atoms with Crippen LogP contribution in [0.4, 0.5) is 13.2 Å². The van der Waals surface area contributed by atoms with E-state index >= 15 is 0 Å². The van der Waals surface area contributed by atoms with Crippen LogP contribution < -0.4 is 4.74 Å². The third-order valence-electron chi connectivity index (χ3n) is 4.29. The van der Waals surface area contributed by atoms with Crippen LogP contribution in [0.2, 0.25) is 0 Å².